The fourth-order valence-corrected chi connectivity index (χ4v) is 1.74. The van der Waals surface area contributed by atoms with Crippen molar-refractivity contribution in [2.45, 2.75) is 39.7 Å². The molecule has 4 nitrogen and oxygen atoms in total. The lowest BCUT2D eigenvalue weighted by Gasteiger charge is -2.21. The molecule has 1 rings (SSSR count). The molecular formula is C12H21NO3. The molecule has 0 heterocycles. The van der Waals surface area contributed by atoms with Crippen molar-refractivity contribution in [3.63, 3.8) is 0 Å². The largest absolute Gasteiger partial charge is 0.467 e. The lowest BCUT2D eigenvalue weighted by Crippen LogP contribution is -2.46. The van der Waals surface area contributed by atoms with E-state index >= 15 is 0 Å². The van der Waals surface area contributed by atoms with Crippen LogP contribution in [0.3, 0.4) is 0 Å². The molecule has 4 heteroatoms. The summed E-state index contributed by atoms with van der Waals surface area (Å²) in [7, 11) is 1.35. The fraction of sp³-hybridized carbons (Fsp3) is 0.833. The second kappa shape index (κ2) is 5.32. The molecular weight excluding hydrogens is 206 g/mol. The van der Waals surface area contributed by atoms with Gasteiger partial charge in [0.25, 0.3) is 0 Å². The zero-order chi connectivity index (χ0) is 12.3. The SMILES string of the molecule is CC[C@H](C)[C@H](NC(=O)[C@H]1C[C@H]1C)C(=O)OC. The first kappa shape index (κ1) is 13.0. The smallest absolute Gasteiger partial charge is 0.328 e. The van der Waals surface area contributed by atoms with Gasteiger partial charge in [0.1, 0.15) is 6.04 Å². The van der Waals surface area contributed by atoms with E-state index in [-0.39, 0.29) is 23.7 Å². The Labute approximate surface area is 96.7 Å². The number of nitrogens with one attached hydrogen (secondary N) is 1. The van der Waals surface area contributed by atoms with Crippen LogP contribution in [0, 0.1) is 17.8 Å². The van der Waals surface area contributed by atoms with Crippen LogP contribution >= 0.6 is 0 Å². The first-order valence-corrected chi connectivity index (χ1v) is 5.89. The molecule has 0 aliphatic heterocycles. The molecule has 0 spiro atoms. The highest BCUT2D eigenvalue weighted by molar-refractivity contribution is 5.87. The van der Waals surface area contributed by atoms with E-state index in [9.17, 15) is 9.59 Å². The number of ether oxygens (including phenoxy) is 1. The first-order chi connectivity index (χ1) is 7.51. The van der Waals surface area contributed by atoms with Crippen molar-refractivity contribution in [1.82, 2.24) is 5.32 Å². The van der Waals surface area contributed by atoms with Crippen LogP contribution in [-0.2, 0) is 14.3 Å². The van der Waals surface area contributed by atoms with Crippen LogP contribution in [0.1, 0.15) is 33.6 Å². The standard InChI is InChI=1S/C12H21NO3/c1-5-7(2)10(12(15)16-4)13-11(14)9-6-8(9)3/h7-10H,5-6H2,1-4H3,(H,13,14)/t7-,8+,9-,10-/m0/s1. The summed E-state index contributed by atoms with van der Waals surface area (Å²) < 4.78 is 4.71. The van der Waals surface area contributed by atoms with Crippen LogP contribution in [0.4, 0.5) is 0 Å². The van der Waals surface area contributed by atoms with Gasteiger partial charge in [0.2, 0.25) is 5.91 Å². The number of carbonyl (C=O) groups is 2. The first-order valence-electron chi connectivity index (χ1n) is 5.89. The molecule has 1 aliphatic rings. The molecule has 0 saturated heterocycles. The molecule has 1 N–H and O–H groups in total. The summed E-state index contributed by atoms with van der Waals surface area (Å²) in [5.41, 5.74) is 0. The van der Waals surface area contributed by atoms with E-state index < -0.39 is 6.04 Å². The molecule has 92 valence electrons. The number of carbonyl (C=O) groups excluding carboxylic acids is 2. The normalized spacial score (nSPS) is 26.8. The van der Waals surface area contributed by atoms with Crippen LogP contribution in [0.2, 0.25) is 0 Å². The lowest BCUT2D eigenvalue weighted by atomic mass is 9.99. The number of methoxy groups -OCH3 is 1. The van der Waals surface area contributed by atoms with Gasteiger partial charge in [0.15, 0.2) is 0 Å². The number of hydrogen-bond donors (Lipinski definition) is 1. The van der Waals surface area contributed by atoms with Crippen LogP contribution in [0.25, 0.3) is 0 Å². The van der Waals surface area contributed by atoms with Gasteiger partial charge in [-0.3, -0.25) is 4.79 Å². The quantitative estimate of drug-likeness (QED) is 0.721. The Morgan fingerprint density at radius 3 is 2.44 bits per heavy atom. The molecule has 0 aromatic rings. The molecule has 0 bridgehead atoms. The molecule has 0 aromatic carbocycles. The Bertz CT molecular complexity index is 277. The summed E-state index contributed by atoms with van der Waals surface area (Å²) in [4.78, 5) is 23.3. The van der Waals surface area contributed by atoms with E-state index in [4.69, 9.17) is 4.74 Å². The van der Waals surface area contributed by atoms with Gasteiger partial charge in [-0.15, -0.1) is 0 Å². The Balaban J connectivity index is 2.56. The van der Waals surface area contributed by atoms with Crippen molar-refractivity contribution >= 4 is 11.9 Å². The molecule has 1 fully saturated rings. The number of hydrogen-bond acceptors (Lipinski definition) is 3. The Morgan fingerprint density at radius 1 is 1.50 bits per heavy atom. The van der Waals surface area contributed by atoms with E-state index in [0.717, 1.165) is 12.8 Å². The number of rotatable bonds is 5. The molecule has 0 radical (unpaired) electrons. The fourth-order valence-electron chi connectivity index (χ4n) is 1.74. The highest BCUT2D eigenvalue weighted by Crippen LogP contribution is 2.37. The third-order valence-corrected chi connectivity index (χ3v) is 3.41. The average Bonchev–Trinajstić information content (AvgIpc) is 3.01. The van der Waals surface area contributed by atoms with Crippen molar-refractivity contribution in [2.75, 3.05) is 7.11 Å². The maximum Gasteiger partial charge on any atom is 0.328 e. The minimum Gasteiger partial charge on any atom is -0.467 e. The maximum absolute atomic E-state index is 11.7. The van der Waals surface area contributed by atoms with Crippen LogP contribution in [-0.4, -0.2) is 25.0 Å². The molecule has 1 saturated carbocycles. The second-order valence-corrected chi connectivity index (χ2v) is 4.71. The van der Waals surface area contributed by atoms with E-state index in [0.29, 0.717) is 5.92 Å². The minimum atomic E-state index is -0.504. The van der Waals surface area contributed by atoms with Crippen molar-refractivity contribution in [3.8, 4) is 0 Å². The van der Waals surface area contributed by atoms with Gasteiger partial charge in [0.05, 0.1) is 7.11 Å². The van der Waals surface area contributed by atoms with Crippen LogP contribution in [0.5, 0.6) is 0 Å². The summed E-state index contributed by atoms with van der Waals surface area (Å²) in [6, 6.07) is -0.504. The number of amides is 1. The van der Waals surface area contributed by atoms with Gasteiger partial charge in [-0.05, 0) is 18.3 Å². The van der Waals surface area contributed by atoms with Crippen molar-refractivity contribution in [2.24, 2.45) is 17.8 Å². The molecule has 0 aromatic heterocycles. The third-order valence-electron chi connectivity index (χ3n) is 3.41. The Kier molecular flexibility index (Phi) is 4.33. The predicted molar refractivity (Wildman–Crippen MR) is 60.7 cm³/mol. The van der Waals surface area contributed by atoms with E-state index in [2.05, 4.69) is 5.32 Å². The molecule has 1 amide bonds. The second-order valence-electron chi connectivity index (χ2n) is 4.71. The van der Waals surface area contributed by atoms with Gasteiger partial charge >= 0.3 is 5.97 Å². The summed E-state index contributed by atoms with van der Waals surface area (Å²) in [5, 5.41) is 2.80. The van der Waals surface area contributed by atoms with Crippen molar-refractivity contribution in [3.05, 3.63) is 0 Å². The molecule has 4 atom stereocenters. The van der Waals surface area contributed by atoms with E-state index in [1.807, 2.05) is 20.8 Å². The third kappa shape index (κ3) is 2.97. The van der Waals surface area contributed by atoms with Gasteiger partial charge in [-0.25, -0.2) is 4.79 Å². The summed E-state index contributed by atoms with van der Waals surface area (Å²) in [6.45, 7) is 5.98. The maximum atomic E-state index is 11.7. The monoisotopic (exact) mass is 227 g/mol. The zero-order valence-electron chi connectivity index (χ0n) is 10.4. The average molecular weight is 227 g/mol. The molecule has 0 unspecified atom stereocenters. The van der Waals surface area contributed by atoms with Crippen molar-refractivity contribution < 1.29 is 14.3 Å². The van der Waals surface area contributed by atoms with Crippen molar-refractivity contribution in [1.29, 1.82) is 0 Å². The van der Waals surface area contributed by atoms with E-state index in [1.54, 1.807) is 0 Å². The predicted octanol–water partition coefficient (Wildman–Crippen LogP) is 1.35. The Hall–Kier alpha value is -1.06. The van der Waals surface area contributed by atoms with Gasteiger partial charge in [0, 0.05) is 5.92 Å². The molecule has 16 heavy (non-hydrogen) atoms. The summed E-state index contributed by atoms with van der Waals surface area (Å²) in [6.07, 6.45) is 1.76. The zero-order valence-corrected chi connectivity index (χ0v) is 10.4. The topological polar surface area (TPSA) is 55.4 Å². The summed E-state index contributed by atoms with van der Waals surface area (Å²) >= 11 is 0. The van der Waals surface area contributed by atoms with Gasteiger partial charge < -0.3 is 10.1 Å². The van der Waals surface area contributed by atoms with Crippen LogP contribution < -0.4 is 5.32 Å². The van der Waals surface area contributed by atoms with Gasteiger partial charge in [-0.1, -0.05) is 27.2 Å². The highest BCUT2D eigenvalue weighted by atomic mass is 16.5. The highest BCUT2D eigenvalue weighted by Gasteiger charge is 2.41. The Morgan fingerprint density at radius 2 is 2.06 bits per heavy atom. The molecule has 1 aliphatic carbocycles. The summed E-state index contributed by atoms with van der Waals surface area (Å²) in [5.74, 6) is 0.288. The lowest BCUT2D eigenvalue weighted by molar-refractivity contribution is -0.146. The van der Waals surface area contributed by atoms with Crippen LogP contribution in [0.15, 0.2) is 0 Å². The number of esters is 1. The van der Waals surface area contributed by atoms with E-state index in [1.165, 1.54) is 7.11 Å². The van der Waals surface area contributed by atoms with Gasteiger partial charge in [-0.2, -0.15) is 0 Å². The minimum absolute atomic E-state index is 0.0109.